The Hall–Kier alpha value is -3.50. The normalized spacial score (nSPS) is 20.5. The monoisotopic (exact) mass is 524 g/mol. The third-order valence-electron chi connectivity index (χ3n) is 7.13. The Labute approximate surface area is 219 Å². The Bertz CT molecular complexity index is 1290. The highest BCUT2D eigenvalue weighted by molar-refractivity contribution is 6.30. The number of rotatable bonds is 5. The Morgan fingerprint density at radius 1 is 0.973 bits per heavy atom. The van der Waals surface area contributed by atoms with Gasteiger partial charge in [0.25, 0.3) is 5.91 Å². The van der Waals surface area contributed by atoms with Crippen LogP contribution in [0.5, 0.6) is 0 Å². The molecule has 2 fully saturated rings. The van der Waals surface area contributed by atoms with E-state index in [1.54, 1.807) is 30.5 Å². The fraction of sp³-hybridized carbons (Fsp3) is 0.423. The first-order valence-electron chi connectivity index (χ1n) is 12.5. The van der Waals surface area contributed by atoms with Crippen molar-refractivity contribution in [2.24, 2.45) is 11.8 Å². The van der Waals surface area contributed by atoms with Gasteiger partial charge in [0, 0.05) is 50.4 Å². The Balaban J connectivity index is 1.26. The number of hydrogen-bond donors (Lipinski definition) is 2. The summed E-state index contributed by atoms with van der Waals surface area (Å²) in [6.45, 7) is 3.29. The maximum Gasteiger partial charge on any atom is 0.294 e. The number of nitrogens with one attached hydrogen (secondary N) is 2. The van der Waals surface area contributed by atoms with E-state index in [0.29, 0.717) is 47.6 Å². The molecule has 37 heavy (non-hydrogen) atoms. The average molecular weight is 525 g/mol. The van der Waals surface area contributed by atoms with Gasteiger partial charge in [0.15, 0.2) is 5.58 Å². The molecule has 0 spiro atoms. The number of likely N-dealkylation sites (N-methyl/N-ethyl adjacent to an activating group) is 1. The van der Waals surface area contributed by atoms with E-state index in [2.05, 4.69) is 32.5 Å². The Morgan fingerprint density at radius 3 is 2.41 bits per heavy atom. The summed E-state index contributed by atoms with van der Waals surface area (Å²) in [6, 6.07) is 6.56. The van der Waals surface area contributed by atoms with Gasteiger partial charge in [-0.3, -0.25) is 19.4 Å². The predicted octanol–water partition coefficient (Wildman–Crippen LogP) is 3.65. The lowest BCUT2D eigenvalue weighted by atomic mass is 9.80. The number of nitrogens with zero attached hydrogens (tertiary/aromatic N) is 4. The Morgan fingerprint density at radius 2 is 1.70 bits per heavy atom. The van der Waals surface area contributed by atoms with E-state index in [1.807, 2.05) is 4.90 Å². The van der Waals surface area contributed by atoms with Gasteiger partial charge in [-0.15, -0.1) is 0 Å². The molecule has 1 aliphatic heterocycles. The van der Waals surface area contributed by atoms with Gasteiger partial charge in [-0.05, 0) is 57.0 Å². The third-order valence-corrected chi connectivity index (χ3v) is 7.36. The number of carbonyl (C=O) groups excluding carboxylic acids is 3. The van der Waals surface area contributed by atoms with Crippen molar-refractivity contribution in [3.05, 3.63) is 47.4 Å². The summed E-state index contributed by atoms with van der Waals surface area (Å²) in [7, 11) is 2.06. The summed E-state index contributed by atoms with van der Waals surface area (Å²) in [6.07, 6.45) is 5.55. The highest BCUT2D eigenvalue weighted by Crippen LogP contribution is 2.34. The van der Waals surface area contributed by atoms with Crippen LogP contribution in [0.3, 0.4) is 0 Å². The molecule has 0 radical (unpaired) electrons. The molecule has 2 N–H and O–H groups in total. The van der Waals surface area contributed by atoms with Gasteiger partial charge < -0.3 is 24.9 Å². The number of piperazine rings is 1. The van der Waals surface area contributed by atoms with E-state index in [1.165, 1.54) is 6.20 Å². The first-order chi connectivity index (χ1) is 17.9. The maximum atomic E-state index is 13.3. The topological polar surface area (TPSA) is 121 Å². The van der Waals surface area contributed by atoms with Crippen molar-refractivity contribution >= 4 is 51.9 Å². The zero-order valence-electron chi connectivity index (χ0n) is 20.6. The summed E-state index contributed by atoms with van der Waals surface area (Å²) < 4.78 is 5.77. The molecule has 1 saturated carbocycles. The van der Waals surface area contributed by atoms with Gasteiger partial charge in [-0.2, -0.15) is 0 Å². The van der Waals surface area contributed by atoms with E-state index >= 15 is 0 Å². The smallest absolute Gasteiger partial charge is 0.294 e. The minimum atomic E-state index is -0.565. The molecule has 0 bridgehead atoms. The van der Waals surface area contributed by atoms with Crippen LogP contribution in [0.15, 0.2) is 41.1 Å². The number of pyridine rings is 2. The molecular weight excluding hydrogens is 496 g/mol. The summed E-state index contributed by atoms with van der Waals surface area (Å²) in [5.41, 5.74) is 1.00. The zero-order chi connectivity index (χ0) is 25.9. The predicted molar refractivity (Wildman–Crippen MR) is 139 cm³/mol. The lowest BCUT2D eigenvalue weighted by Crippen LogP contribution is -2.49. The van der Waals surface area contributed by atoms with Crippen LogP contribution in [0.2, 0.25) is 5.02 Å². The minimum Gasteiger partial charge on any atom is -0.447 e. The first kappa shape index (κ1) is 25.2. The molecule has 11 heteroatoms. The van der Waals surface area contributed by atoms with Crippen molar-refractivity contribution in [3.8, 4) is 0 Å². The van der Waals surface area contributed by atoms with Gasteiger partial charge >= 0.3 is 0 Å². The molecule has 1 aliphatic carbocycles. The number of hydrogen-bond acceptors (Lipinski definition) is 7. The van der Waals surface area contributed by atoms with Gasteiger partial charge in [-0.1, -0.05) is 11.6 Å². The van der Waals surface area contributed by atoms with Crippen molar-refractivity contribution < 1.29 is 18.8 Å². The number of amides is 3. The molecule has 3 aromatic heterocycles. The van der Waals surface area contributed by atoms with Crippen LogP contribution in [0, 0.1) is 11.8 Å². The van der Waals surface area contributed by atoms with Crippen molar-refractivity contribution in [1.29, 1.82) is 0 Å². The highest BCUT2D eigenvalue weighted by Gasteiger charge is 2.34. The third kappa shape index (κ3) is 5.60. The largest absolute Gasteiger partial charge is 0.447 e. The van der Waals surface area contributed by atoms with Crippen LogP contribution in [-0.2, 0) is 9.59 Å². The number of anilines is 2. The van der Waals surface area contributed by atoms with Crippen molar-refractivity contribution in [1.82, 2.24) is 19.8 Å². The summed E-state index contributed by atoms with van der Waals surface area (Å²) in [4.78, 5) is 51.8. The molecule has 2 aliphatic rings. The van der Waals surface area contributed by atoms with Crippen LogP contribution < -0.4 is 10.6 Å². The minimum absolute atomic E-state index is 0.0444. The van der Waals surface area contributed by atoms with Crippen LogP contribution >= 0.6 is 11.6 Å². The van der Waals surface area contributed by atoms with Crippen molar-refractivity contribution in [2.45, 2.75) is 25.7 Å². The summed E-state index contributed by atoms with van der Waals surface area (Å²) >= 11 is 5.87. The van der Waals surface area contributed by atoms with E-state index in [4.69, 9.17) is 16.0 Å². The molecule has 10 nitrogen and oxygen atoms in total. The second kappa shape index (κ2) is 10.9. The number of aromatic nitrogens is 2. The maximum absolute atomic E-state index is 13.3. The molecule has 0 atom stereocenters. The van der Waals surface area contributed by atoms with Crippen LogP contribution in [-0.4, -0.2) is 70.7 Å². The van der Waals surface area contributed by atoms with E-state index in [9.17, 15) is 14.4 Å². The molecule has 3 amide bonds. The van der Waals surface area contributed by atoms with E-state index < -0.39 is 5.91 Å². The lowest BCUT2D eigenvalue weighted by molar-refractivity contribution is -0.139. The fourth-order valence-corrected chi connectivity index (χ4v) is 5.05. The van der Waals surface area contributed by atoms with Crippen molar-refractivity contribution in [2.75, 3.05) is 43.9 Å². The number of furan rings is 1. The van der Waals surface area contributed by atoms with Crippen molar-refractivity contribution in [3.63, 3.8) is 0 Å². The molecule has 194 valence electrons. The van der Waals surface area contributed by atoms with E-state index in [0.717, 1.165) is 26.2 Å². The zero-order valence-corrected chi connectivity index (χ0v) is 21.3. The van der Waals surface area contributed by atoms with Gasteiger partial charge in [0.05, 0.1) is 5.02 Å². The molecule has 0 aromatic carbocycles. The summed E-state index contributed by atoms with van der Waals surface area (Å²) in [5.74, 6) is -0.647. The van der Waals surface area contributed by atoms with Crippen LogP contribution in [0.4, 0.5) is 11.5 Å². The van der Waals surface area contributed by atoms with Gasteiger partial charge in [0.2, 0.25) is 17.6 Å². The molecule has 5 rings (SSSR count). The fourth-order valence-electron chi connectivity index (χ4n) is 4.94. The molecule has 3 aromatic rings. The second-order valence-electron chi connectivity index (χ2n) is 9.64. The molecule has 1 saturated heterocycles. The first-order valence-corrected chi connectivity index (χ1v) is 12.9. The van der Waals surface area contributed by atoms with Gasteiger partial charge in [0.1, 0.15) is 17.0 Å². The van der Waals surface area contributed by atoms with Gasteiger partial charge in [-0.25, -0.2) is 4.98 Å². The van der Waals surface area contributed by atoms with Crippen LogP contribution in [0.25, 0.3) is 11.1 Å². The second-order valence-corrected chi connectivity index (χ2v) is 10.1. The quantitative estimate of drug-likeness (QED) is 0.522. The molecule has 4 heterocycles. The number of fused-ring (bicyclic) bond motifs is 1. The van der Waals surface area contributed by atoms with Crippen LogP contribution in [0.1, 0.15) is 36.2 Å². The number of halogens is 1. The highest BCUT2D eigenvalue weighted by atomic mass is 35.5. The number of carbonyl (C=O) groups is 3. The summed E-state index contributed by atoms with van der Waals surface area (Å²) in [5, 5.41) is 6.00. The SMILES string of the molecule is CN1CCN(C(=O)[C@H]2CC[C@H](C(=O)Nc3c(C(=O)Nc4ccc(Cl)cn4)oc4cccnc34)CC2)CC1. The lowest BCUT2D eigenvalue weighted by Gasteiger charge is -2.36. The Kier molecular flexibility index (Phi) is 7.38. The molecule has 0 unspecified atom stereocenters. The standard InChI is InChI=1S/C26H29ClN6O4/c1-32-11-13-33(14-12-32)26(36)17-6-4-16(5-7-17)24(34)31-22-21-19(3-2-10-28-21)37-23(22)25(35)30-20-9-8-18(27)15-29-20/h2-3,8-10,15-17H,4-7,11-14H2,1H3,(H,31,34)(H,29,30,35)/t16-,17-. The molecular formula is C26H29ClN6O4. The average Bonchev–Trinajstić information content (AvgIpc) is 3.28. The van der Waals surface area contributed by atoms with E-state index in [-0.39, 0.29) is 35.1 Å².